The summed E-state index contributed by atoms with van der Waals surface area (Å²) in [7, 11) is -1.78. The third-order valence-electron chi connectivity index (χ3n) is 9.83. The summed E-state index contributed by atoms with van der Waals surface area (Å²) in [4.78, 5) is 8.69. The van der Waals surface area contributed by atoms with Gasteiger partial charge in [0.1, 0.15) is 6.54 Å². The molecule has 0 bridgehead atoms. The molecule has 0 aromatic heterocycles. The maximum absolute atomic E-state index is 12.5. The smallest absolute Gasteiger partial charge is 0.209 e. The van der Waals surface area contributed by atoms with Crippen LogP contribution in [-0.4, -0.2) is 45.2 Å². The van der Waals surface area contributed by atoms with Crippen molar-refractivity contribution in [3.05, 3.63) is 71.5 Å². The van der Waals surface area contributed by atoms with Crippen LogP contribution in [0.3, 0.4) is 0 Å². The average molecular weight is 682 g/mol. The van der Waals surface area contributed by atoms with Crippen LogP contribution >= 0.6 is 12.0 Å². The SMILES string of the molecule is CCCCCCCN1C(=CC=CC2=[N+](CCCCCCC)c3ccc(SOOC)cc3C2(C)C)C(C)(C)c2cc(S(C)(=O)=O)ccc21. The van der Waals surface area contributed by atoms with Crippen molar-refractivity contribution in [3.8, 4) is 0 Å². The van der Waals surface area contributed by atoms with Crippen LogP contribution in [0.4, 0.5) is 11.4 Å². The molecule has 47 heavy (non-hydrogen) atoms. The van der Waals surface area contributed by atoms with E-state index < -0.39 is 9.84 Å². The third-order valence-corrected chi connectivity index (χ3v) is 11.6. The number of hydrogen-bond donors (Lipinski definition) is 0. The molecule has 0 aliphatic carbocycles. The summed E-state index contributed by atoms with van der Waals surface area (Å²) in [6, 6.07) is 12.2. The Morgan fingerprint density at radius 3 is 2.19 bits per heavy atom. The molecular formula is C39H57N2O4S2+. The Labute approximate surface area is 289 Å². The van der Waals surface area contributed by atoms with Crippen LogP contribution in [0.1, 0.15) is 117 Å². The van der Waals surface area contributed by atoms with Crippen molar-refractivity contribution in [1.29, 1.82) is 0 Å². The molecule has 2 aromatic carbocycles. The normalized spacial score (nSPS) is 17.7. The zero-order chi connectivity index (χ0) is 34.2. The molecule has 0 fully saturated rings. The van der Waals surface area contributed by atoms with E-state index in [4.69, 9.17) is 9.22 Å². The van der Waals surface area contributed by atoms with Crippen LogP contribution in [-0.2, 0) is 29.9 Å². The second-order valence-electron chi connectivity index (χ2n) is 14.1. The summed E-state index contributed by atoms with van der Waals surface area (Å²) in [6.45, 7) is 15.5. The van der Waals surface area contributed by atoms with Gasteiger partial charge in [0.05, 0.1) is 29.5 Å². The quantitative estimate of drug-likeness (QED) is 0.0513. The third kappa shape index (κ3) is 8.62. The van der Waals surface area contributed by atoms with E-state index in [9.17, 15) is 8.42 Å². The molecule has 0 radical (unpaired) electrons. The summed E-state index contributed by atoms with van der Waals surface area (Å²) < 4.78 is 32.7. The Kier molecular flexibility index (Phi) is 13.0. The fraction of sp³-hybridized carbons (Fsp3) is 0.564. The van der Waals surface area contributed by atoms with Crippen molar-refractivity contribution >= 4 is 39.0 Å². The number of unbranched alkanes of at least 4 members (excludes halogenated alkanes) is 8. The molecule has 4 rings (SSSR count). The van der Waals surface area contributed by atoms with Crippen molar-refractivity contribution in [2.45, 2.75) is 126 Å². The summed E-state index contributed by atoms with van der Waals surface area (Å²) in [6.07, 6.45) is 20.3. The maximum atomic E-state index is 12.5. The van der Waals surface area contributed by atoms with Gasteiger partial charge in [0.15, 0.2) is 15.5 Å². The lowest BCUT2D eigenvalue weighted by Crippen LogP contribution is -2.28. The van der Waals surface area contributed by atoms with Gasteiger partial charge in [0, 0.05) is 58.6 Å². The van der Waals surface area contributed by atoms with Gasteiger partial charge >= 0.3 is 0 Å². The minimum atomic E-state index is -3.31. The van der Waals surface area contributed by atoms with Gasteiger partial charge in [0.25, 0.3) is 0 Å². The van der Waals surface area contributed by atoms with E-state index in [1.807, 2.05) is 12.1 Å². The molecule has 0 atom stereocenters. The highest BCUT2D eigenvalue weighted by Gasteiger charge is 2.45. The van der Waals surface area contributed by atoms with Crippen molar-refractivity contribution in [1.82, 2.24) is 0 Å². The van der Waals surface area contributed by atoms with Gasteiger partial charge in [-0.1, -0.05) is 78.7 Å². The summed E-state index contributed by atoms with van der Waals surface area (Å²) in [5.41, 5.74) is 6.70. The van der Waals surface area contributed by atoms with Gasteiger partial charge in [0.2, 0.25) is 5.69 Å². The van der Waals surface area contributed by atoms with Crippen molar-refractivity contribution in [2.75, 3.05) is 31.4 Å². The molecule has 2 heterocycles. The monoisotopic (exact) mass is 681 g/mol. The van der Waals surface area contributed by atoms with Crippen molar-refractivity contribution < 1.29 is 22.2 Å². The second kappa shape index (κ2) is 16.3. The average Bonchev–Trinajstić information content (AvgIpc) is 3.37. The fourth-order valence-corrected chi connectivity index (χ4v) is 8.21. The van der Waals surface area contributed by atoms with Crippen LogP contribution < -0.4 is 4.90 Å². The second-order valence-corrected chi connectivity index (χ2v) is 16.9. The number of benzene rings is 2. The van der Waals surface area contributed by atoms with E-state index in [0.717, 1.165) is 42.1 Å². The zero-order valence-corrected chi connectivity index (χ0v) is 31.7. The molecule has 2 aliphatic heterocycles. The molecule has 0 saturated heterocycles. The number of sulfone groups is 1. The van der Waals surface area contributed by atoms with Gasteiger partial charge in [-0.2, -0.15) is 8.91 Å². The molecule has 258 valence electrons. The predicted octanol–water partition coefficient (Wildman–Crippen LogP) is 10.2. The van der Waals surface area contributed by atoms with E-state index in [0.29, 0.717) is 4.90 Å². The van der Waals surface area contributed by atoms with Crippen LogP contribution in [0, 0.1) is 0 Å². The number of anilines is 1. The summed E-state index contributed by atoms with van der Waals surface area (Å²) in [5.74, 6) is 0. The Bertz CT molecular complexity index is 1590. The van der Waals surface area contributed by atoms with Crippen molar-refractivity contribution in [2.24, 2.45) is 0 Å². The number of nitrogens with zero attached hydrogens (tertiary/aromatic N) is 2. The number of fused-ring (bicyclic) bond motifs is 2. The van der Waals surface area contributed by atoms with Crippen LogP contribution in [0.5, 0.6) is 0 Å². The lowest BCUT2D eigenvalue weighted by molar-refractivity contribution is -0.438. The Morgan fingerprint density at radius 1 is 0.851 bits per heavy atom. The zero-order valence-electron chi connectivity index (χ0n) is 30.0. The van der Waals surface area contributed by atoms with E-state index in [2.05, 4.69) is 87.4 Å². The highest BCUT2D eigenvalue weighted by atomic mass is 32.2. The van der Waals surface area contributed by atoms with Gasteiger partial charge < -0.3 is 4.90 Å². The first-order valence-electron chi connectivity index (χ1n) is 17.6. The van der Waals surface area contributed by atoms with E-state index in [-0.39, 0.29) is 10.8 Å². The summed E-state index contributed by atoms with van der Waals surface area (Å²) in [5, 5.41) is 0. The molecule has 2 aliphatic rings. The van der Waals surface area contributed by atoms with E-state index in [1.54, 1.807) is 6.07 Å². The molecule has 0 amide bonds. The lowest BCUT2D eigenvalue weighted by Gasteiger charge is -2.27. The minimum Gasteiger partial charge on any atom is -0.344 e. The van der Waals surface area contributed by atoms with Crippen LogP contribution in [0.25, 0.3) is 0 Å². The number of hydrogen-bond acceptors (Lipinski definition) is 6. The standard InChI is InChI=1S/C39H57N2O4S2/c1-9-11-13-15-17-26-40-34-24-22-30(46-45-44-7)28-32(34)38(3,4)36(40)20-19-21-37-39(5,6)33-29-31(47(8,42)43)23-25-35(33)41(37)27-18-16-14-12-10-2/h19-25,28-29H,9-18,26-27H2,1-8H3/q+1. The minimum absolute atomic E-state index is 0.199. The molecule has 2 aromatic rings. The first kappa shape index (κ1) is 37.4. The molecule has 0 spiro atoms. The number of allylic oxidation sites excluding steroid dienone is 4. The molecule has 0 saturated carbocycles. The first-order valence-corrected chi connectivity index (χ1v) is 20.2. The van der Waals surface area contributed by atoms with Crippen LogP contribution in [0.2, 0.25) is 0 Å². The van der Waals surface area contributed by atoms with Gasteiger partial charge in [-0.25, -0.2) is 13.3 Å². The summed E-state index contributed by atoms with van der Waals surface area (Å²) >= 11 is 1.24. The molecule has 0 unspecified atom stereocenters. The van der Waals surface area contributed by atoms with E-state index >= 15 is 0 Å². The highest BCUT2D eigenvalue weighted by molar-refractivity contribution is 7.94. The lowest BCUT2D eigenvalue weighted by atomic mass is 9.81. The Hall–Kier alpha value is -2.39. The van der Waals surface area contributed by atoms with Gasteiger partial charge in [-0.3, -0.25) is 0 Å². The van der Waals surface area contributed by atoms with Crippen molar-refractivity contribution in [3.63, 3.8) is 0 Å². The Balaban J connectivity index is 1.72. The largest absolute Gasteiger partial charge is 0.344 e. The maximum Gasteiger partial charge on any atom is 0.209 e. The van der Waals surface area contributed by atoms with E-state index in [1.165, 1.54) is 99.4 Å². The predicted molar refractivity (Wildman–Crippen MR) is 198 cm³/mol. The van der Waals surface area contributed by atoms with Gasteiger partial charge in [-0.15, -0.1) is 0 Å². The Morgan fingerprint density at radius 2 is 1.53 bits per heavy atom. The number of rotatable bonds is 18. The first-order chi connectivity index (χ1) is 22.4. The van der Waals surface area contributed by atoms with Gasteiger partial charge in [-0.05, 0) is 68.7 Å². The fourth-order valence-electron chi connectivity index (χ4n) is 7.12. The van der Waals surface area contributed by atoms with Crippen LogP contribution in [0.15, 0.2) is 70.1 Å². The molecule has 8 heteroatoms. The molecular weight excluding hydrogens is 625 g/mol. The molecule has 6 nitrogen and oxygen atoms in total. The topological polar surface area (TPSA) is 58.9 Å². The highest BCUT2D eigenvalue weighted by Crippen LogP contribution is 2.49. The molecule has 0 N–H and O–H groups in total.